The average Bonchev–Trinajstić information content (AvgIpc) is 2.61. The summed E-state index contributed by atoms with van der Waals surface area (Å²) in [6.45, 7) is -0.0522. The maximum absolute atomic E-state index is 8.96. The molecule has 0 saturated carbocycles. The minimum atomic E-state index is -0.0522. The molecule has 0 aliphatic rings. The van der Waals surface area contributed by atoms with Crippen LogP contribution in [0.15, 0.2) is 30.3 Å². The molecule has 72 valence electrons. The van der Waals surface area contributed by atoms with Crippen molar-refractivity contribution in [3.8, 4) is 10.6 Å². The molecule has 2 nitrogen and oxygen atoms in total. The van der Waals surface area contributed by atoms with Crippen LogP contribution < -0.4 is 0 Å². The van der Waals surface area contributed by atoms with Gasteiger partial charge in [-0.3, -0.25) is 0 Å². The smallest absolute Gasteiger partial charge is 0.146 e. The molecule has 0 saturated heterocycles. The van der Waals surface area contributed by atoms with Crippen molar-refractivity contribution in [1.29, 1.82) is 0 Å². The summed E-state index contributed by atoms with van der Waals surface area (Å²) >= 11 is 7.25. The molecular formula is C10H8ClNOS. The van der Waals surface area contributed by atoms with Crippen LogP contribution in [-0.2, 0) is 6.61 Å². The van der Waals surface area contributed by atoms with Gasteiger partial charge in [0.1, 0.15) is 10.2 Å². The molecule has 1 aromatic heterocycles. The van der Waals surface area contributed by atoms with Crippen LogP contribution in [0.2, 0.25) is 5.15 Å². The van der Waals surface area contributed by atoms with E-state index in [1.807, 2.05) is 30.3 Å². The Hall–Kier alpha value is -0.900. The van der Waals surface area contributed by atoms with E-state index in [-0.39, 0.29) is 6.61 Å². The van der Waals surface area contributed by atoms with Gasteiger partial charge in [-0.2, -0.15) is 0 Å². The summed E-state index contributed by atoms with van der Waals surface area (Å²) < 4.78 is 0. The van der Waals surface area contributed by atoms with Gasteiger partial charge >= 0.3 is 0 Å². The Labute approximate surface area is 90.8 Å². The van der Waals surface area contributed by atoms with Crippen molar-refractivity contribution in [1.82, 2.24) is 4.98 Å². The highest BCUT2D eigenvalue weighted by atomic mass is 35.5. The van der Waals surface area contributed by atoms with Crippen molar-refractivity contribution >= 4 is 22.9 Å². The van der Waals surface area contributed by atoms with Crippen molar-refractivity contribution in [2.45, 2.75) is 6.61 Å². The number of halogens is 1. The zero-order valence-electron chi connectivity index (χ0n) is 7.27. The monoisotopic (exact) mass is 225 g/mol. The van der Waals surface area contributed by atoms with E-state index in [0.717, 1.165) is 10.6 Å². The number of rotatable bonds is 2. The topological polar surface area (TPSA) is 33.1 Å². The first-order chi connectivity index (χ1) is 6.81. The molecule has 0 fully saturated rings. The molecule has 0 atom stereocenters. The van der Waals surface area contributed by atoms with Gasteiger partial charge in [0.05, 0.1) is 11.5 Å². The van der Waals surface area contributed by atoms with Crippen LogP contribution in [0.4, 0.5) is 0 Å². The molecule has 4 heteroatoms. The Bertz CT molecular complexity index is 427. The van der Waals surface area contributed by atoms with Crippen LogP contribution in [0.3, 0.4) is 0 Å². The first-order valence-electron chi connectivity index (χ1n) is 4.12. The maximum atomic E-state index is 8.96. The molecule has 1 N–H and O–H groups in total. The number of hydrogen-bond donors (Lipinski definition) is 1. The largest absolute Gasteiger partial charge is 0.391 e. The Balaban J connectivity index is 2.43. The van der Waals surface area contributed by atoms with Crippen molar-refractivity contribution < 1.29 is 5.11 Å². The fraction of sp³-hybridized carbons (Fsp3) is 0.100. The number of benzene rings is 1. The second-order valence-electron chi connectivity index (χ2n) is 2.76. The Morgan fingerprint density at radius 2 is 2.00 bits per heavy atom. The number of aromatic nitrogens is 1. The predicted molar refractivity (Wildman–Crippen MR) is 58.5 cm³/mol. The van der Waals surface area contributed by atoms with E-state index >= 15 is 0 Å². The first-order valence-corrected chi connectivity index (χ1v) is 5.32. The molecule has 2 rings (SSSR count). The van der Waals surface area contributed by atoms with Gasteiger partial charge in [-0.05, 0) is 0 Å². The van der Waals surface area contributed by atoms with Crippen LogP contribution in [0.5, 0.6) is 0 Å². The summed E-state index contributed by atoms with van der Waals surface area (Å²) in [4.78, 5) is 4.89. The van der Waals surface area contributed by atoms with E-state index in [1.165, 1.54) is 11.3 Å². The maximum Gasteiger partial charge on any atom is 0.146 e. The quantitative estimate of drug-likeness (QED) is 0.853. The van der Waals surface area contributed by atoms with Crippen molar-refractivity contribution in [2.75, 3.05) is 0 Å². The summed E-state index contributed by atoms with van der Waals surface area (Å²) in [5, 5.41) is 10.2. The van der Waals surface area contributed by atoms with Crippen LogP contribution in [-0.4, -0.2) is 10.1 Å². The first kappa shape index (κ1) is 9.65. The van der Waals surface area contributed by atoms with Crippen molar-refractivity contribution in [3.05, 3.63) is 40.4 Å². The summed E-state index contributed by atoms with van der Waals surface area (Å²) in [6, 6.07) is 9.78. The third-order valence-corrected chi connectivity index (χ3v) is 3.33. The highest BCUT2D eigenvalue weighted by Crippen LogP contribution is 2.30. The summed E-state index contributed by atoms with van der Waals surface area (Å²) in [5.74, 6) is 0. The zero-order chi connectivity index (χ0) is 9.97. The highest BCUT2D eigenvalue weighted by Gasteiger charge is 2.08. The third-order valence-electron chi connectivity index (χ3n) is 1.81. The molecular weight excluding hydrogens is 218 g/mol. The Morgan fingerprint density at radius 1 is 1.29 bits per heavy atom. The predicted octanol–water partition coefficient (Wildman–Crippen LogP) is 2.96. The molecule has 0 aliphatic carbocycles. The number of thiazole rings is 1. The number of hydrogen-bond acceptors (Lipinski definition) is 3. The van der Waals surface area contributed by atoms with Crippen molar-refractivity contribution in [2.24, 2.45) is 0 Å². The fourth-order valence-electron chi connectivity index (χ4n) is 1.13. The number of nitrogens with zero attached hydrogens (tertiary/aromatic N) is 1. The van der Waals surface area contributed by atoms with Gasteiger partial charge in [0.25, 0.3) is 0 Å². The van der Waals surface area contributed by atoms with E-state index in [4.69, 9.17) is 16.7 Å². The lowest BCUT2D eigenvalue weighted by Crippen LogP contribution is -1.75. The summed E-state index contributed by atoms with van der Waals surface area (Å²) in [7, 11) is 0. The molecule has 0 amide bonds. The lowest BCUT2D eigenvalue weighted by Gasteiger charge is -1.92. The molecule has 1 heterocycles. The standard InChI is InChI=1S/C10H8ClNOS/c11-9-8(6-13)14-10(12-9)7-4-2-1-3-5-7/h1-5,13H,6H2. The van der Waals surface area contributed by atoms with Crippen LogP contribution >= 0.6 is 22.9 Å². The van der Waals surface area contributed by atoms with Gasteiger partial charge in [-0.25, -0.2) is 4.98 Å². The SMILES string of the molecule is OCc1sc(-c2ccccc2)nc1Cl. The number of aliphatic hydroxyl groups is 1. The lowest BCUT2D eigenvalue weighted by molar-refractivity contribution is 0.285. The van der Waals surface area contributed by atoms with Crippen molar-refractivity contribution in [3.63, 3.8) is 0 Å². The average molecular weight is 226 g/mol. The van der Waals surface area contributed by atoms with E-state index in [2.05, 4.69) is 4.98 Å². The normalized spacial score (nSPS) is 10.4. The van der Waals surface area contributed by atoms with E-state index in [1.54, 1.807) is 0 Å². The molecule has 1 aromatic carbocycles. The minimum Gasteiger partial charge on any atom is -0.391 e. The second kappa shape index (κ2) is 4.09. The third kappa shape index (κ3) is 1.80. The minimum absolute atomic E-state index is 0.0522. The molecule has 0 radical (unpaired) electrons. The van der Waals surface area contributed by atoms with Gasteiger partial charge in [-0.15, -0.1) is 11.3 Å². The highest BCUT2D eigenvalue weighted by molar-refractivity contribution is 7.15. The van der Waals surface area contributed by atoms with Gasteiger partial charge in [-0.1, -0.05) is 41.9 Å². The molecule has 0 bridgehead atoms. The molecule has 0 spiro atoms. The Morgan fingerprint density at radius 3 is 2.57 bits per heavy atom. The van der Waals surface area contributed by atoms with Gasteiger partial charge in [0.15, 0.2) is 0 Å². The van der Waals surface area contributed by atoms with E-state index in [0.29, 0.717) is 10.0 Å². The molecule has 14 heavy (non-hydrogen) atoms. The fourth-order valence-corrected chi connectivity index (χ4v) is 2.26. The molecule has 2 aromatic rings. The van der Waals surface area contributed by atoms with Gasteiger partial charge in [0, 0.05) is 5.56 Å². The lowest BCUT2D eigenvalue weighted by atomic mass is 10.2. The van der Waals surface area contributed by atoms with Gasteiger partial charge < -0.3 is 5.11 Å². The zero-order valence-corrected chi connectivity index (χ0v) is 8.85. The van der Waals surface area contributed by atoms with Crippen LogP contribution in [0, 0.1) is 0 Å². The van der Waals surface area contributed by atoms with Crippen LogP contribution in [0.1, 0.15) is 4.88 Å². The summed E-state index contributed by atoms with van der Waals surface area (Å²) in [5.41, 5.74) is 1.03. The molecule has 0 aliphatic heterocycles. The Kier molecular flexibility index (Phi) is 2.82. The molecule has 0 unspecified atom stereocenters. The van der Waals surface area contributed by atoms with Gasteiger partial charge in [0.2, 0.25) is 0 Å². The number of aliphatic hydroxyl groups excluding tert-OH is 1. The van der Waals surface area contributed by atoms with Crippen LogP contribution in [0.25, 0.3) is 10.6 Å². The summed E-state index contributed by atoms with van der Waals surface area (Å²) in [6.07, 6.45) is 0. The second-order valence-corrected chi connectivity index (χ2v) is 4.20. The van der Waals surface area contributed by atoms with E-state index in [9.17, 15) is 0 Å². The van der Waals surface area contributed by atoms with E-state index < -0.39 is 0 Å².